The zero-order valence-corrected chi connectivity index (χ0v) is 19.4. The summed E-state index contributed by atoms with van der Waals surface area (Å²) in [5.74, 6) is -0.506. The number of fused-ring (bicyclic) bond motifs is 2. The molecule has 0 unspecified atom stereocenters. The fourth-order valence-electron chi connectivity index (χ4n) is 3.95. The molecule has 4 aromatic carbocycles. The van der Waals surface area contributed by atoms with Gasteiger partial charge in [-0.2, -0.15) is 0 Å². The third-order valence-electron chi connectivity index (χ3n) is 5.56. The summed E-state index contributed by atoms with van der Waals surface area (Å²) in [7, 11) is 0. The van der Waals surface area contributed by atoms with E-state index in [4.69, 9.17) is 23.2 Å². The molecule has 0 radical (unpaired) electrons. The van der Waals surface area contributed by atoms with Crippen LogP contribution in [0.25, 0.3) is 0 Å². The molecular formula is C27H19Cl2N3O2. The normalized spacial score (nSPS) is 12.1. The first-order valence-corrected chi connectivity index (χ1v) is 11.4. The molecule has 0 aliphatic carbocycles. The standard InChI is InChI=1S/C27H19Cl2N3O2/c28-20-13-19(14-21(29)15-20)26(33)31-22-11-9-17(10-12-22)27(34)32-24-7-3-1-5-18(24)16-30-23-6-2-4-8-25(23)32/h1-15,30H,16H2,(H,31,33). The number of carbonyl (C=O) groups is 2. The lowest BCUT2D eigenvalue weighted by molar-refractivity contribution is 0.0997. The van der Waals surface area contributed by atoms with E-state index in [0.29, 0.717) is 33.4 Å². The number of amides is 2. The maximum absolute atomic E-state index is 13.7. The first-order valence-electron chi connectivity index (χ1n) is 10.6. The van der Waals surface area contributed by atoms with Gasteiger partial charge in [0, 0.05) is 33.4 Å². The molecule has 0 spiro atoms. The summed E-state index contributed by atoms with van der Waals surface area (Å²) in [6.45, 7) is 0.620. The highest BCUT2D eigenvalue weighted by atomic mass is 35.5. The Kier molecular flexibility index (Phi) is 5.97. The highest BCUT2D eigenvalue weighted by molar-refractivity contribution is 6.35. The Labute approximate surface area is 206 Å². The molecule has 0 saturated carbocycles. The molecule has 1 aliphatic heterocycles. The molecule has 5 nitrogen and oxygen atoms in total. The third-order valence-corrected chi connectivity index (χ3v) is 6.00. The van der Waals surface area contributed by atoms with Crippen molar-refractivity contribution in [3.63, 3.8) is 0 Å². The van der Waals surface area contributed by atoms with Crippen molar-refractivity contribution in [1.82, 2.24) is 0 Å². The van der Waals surface area contributed by atoms with E-state index in [1.807, 2.05) is 48.5 Å². The quantitative estimate of drug-likeness (QED) is 0.322. The predicted molar refractivity (Wildman–Crippen MR) is 138 cm³/mol. The van der Waals surface area contributed by atoms with Crippen LogP contribution in [-0.2, 0) is 6.54 Å². The molecular weight excluding hydrogens is 469 g/mol. The van der Waals surface area contributed by atoms with Gasteiger partial charge in [-0.1, -0.05) is 53.5 Å². The van der Waals surface area contributed by atoms with Crippen LogP contribution in [0.2, 0.25) is 10.0 Å². The lowest BCUT2D eigenvalue weighted by Crippen LogP contribution is -2.26. The number of para-hydroxylation sites is 3. The second-order valence-corrected chi connectivity index (χ2v) is 8.70. The van der Waals surface area contributed by atoms with Crippen molar-refractivity contribution in [3.8, 4) is 0 Å². The zero-order valence-electron chi connectivity index (χ0n) is 17.9. The summed E-state index contributed by atoms with van der Waals surface area (Å²) in [6.07, 6.45) is 0. The van der Waals surface area contributed by atoms with Crippen molar-refractivity contribution in [3.05, 3.63) is 118 Å². The van der Waals surface area contributed by atoms with Gasteiger partial charge in [0.15, 0.2) is 0 Å². The predicted octanol–water partition coefficient (Wildman–Crippen LogP) is 7.15. The van der Waals surface area contributed by atoms with E-state index in [0.717, 1.165) is 22.6 Å². The van der Waals surface area contributed by atoms with Gasteiger partial charge in [0.2, 0.25) is 0 Å². The minimum Gasteiger partial charge on any atom is -0.379 e. The van der Waals surface area contributed by atoms with Crippen LogP contribution >= 0.6 is 23.2 Å². The largest absolute Gasteiger partial charge is 0.379 e. The molecule has 2 amide bonds. The maximum Gasteiger partial charge on any atom is 0.262 e. The number of anilines is 4. The zero-order chi connectivity index (χ0) is 23.7. The van der Waals surface area contributed by atoms with E-state index in [1.54, 1.807) is 47.4 Å². The molecule has 168 valence electrons. The average molecular weight is 488 g/mol. The van der Waals surface area contributed by atoms with Crippen LogP contribution < -0.4 is 15.5 Å². The first kappa shape index (κ1) is 22.0. The van der Waals surface area contributed by atoms with Crippen LogP contribution in [0.15, 0.2) is 91.0 Å². The Morgan fingerprint density at radius 2 is 1.41 bits per heavy atom. The van der Waals surface area contributed by atoms with Gasteiger partial charge >= 0.3 is 0 Å². The van der Waals surface area contributed by atoms with E-state index in [-0.39, 0.29) is 11.8 Å². The van der Waals surface area contributed by atoms with E-state index in [1.165, 1.54) is 0 Å². The van der Waals surface area contributed by atoms with Gasteiger partial charge in [0.25, 0.3) is 11.8 Å². The van der Waals surface area contributed by atoms with Gasteiger partial charge < -0.3 is 10.6 Å². The number of rotatable bonds is 3. The minimum absolute atomic E-state index is 0.164. The molecule has 5 rings (SSSR count). The fourth-order valence-corrected chi connectivity index (χ4v) is 4.48. The molecule has 1 aliphatic rings. The van der Waals surface area contributed by atoms with Gasteiger partial charge in [-0.25, -0.2) is 0 Å². The van der Waals surface area contributed by atoms with Crippen LogP contribution in [0, 0.1) is 0 Å². The number of nitrogens with zero attached hydrogens (tertiary/aromatic N) is 1. The molecule has 0 fully saturated rings. The van der Waals surface area contributed by atoms with E-state index < -0.39 is 0 Å². The molecule has 34 heavy (non-hydrogen) atoms. The van der Waals surface area contributed by atoms with Gasteiger partial charge in [0.1, 0.15) is 0 Å². The molecule has 1 heterocycles. The van der Waals surface area contributed by atoms with Crippen LogP contribution in [0.4, 0.5) is 22.7 Å². The van der Waals surface area contributed by atoms with Crippen molar-refractivity contribution in [2.45, 2.75) is 6.54 Å². The monoisotopic (exact) mass is 487 g/mol. The number of hydrogen-bond acceptors (Lipinski definition) is 3. The number of carbonyl (C=O) groups excluding carboxylic acids is 2. The fraction of sp³-hybridized carbons (Fsp3) is 0.0370. The Balaban J connectivity index is 1.43. The number of hydrogen-bond donors (Lipinski definition) is 2. The SMILES string of the molecule is O=C(Nc1ccc(C(=O)N2c3ccccc3CNc3ccccc32)cc1)c1cc(Cl)cc(Cl)c1. The average Bonchev–Trinajstić information content (AvgIpc) is 3.00. The second-order valence-electron chi connectivity index (χ2n) is 7.83. The Morgan fingerprint density at radius 3 is 2.15 bits per heavy atom. The van der Waals surface area contributed by atoms with Gasteiger partial charge in [0.05, 0.1) is 17.1 Å². The highest BCUT2D eigenvalue weighted by Crippen LogP contribution is 2.38. The van der Waals surface area contributed by atoms with Crippen molar-refractivity contribution in [2.75, 3.05) is 15.5 Å². The summed E-state index contributed by atoms with van der Waals surface area (Å²) >= 11 is 12.0. The number of nitrogens with one attached hydrogen (secondary N) is 2. The molecule has 0 bridgehead atoms. The lowest BCUT2D eigenvalue weighted by atomic mass is 10.1. The molecule has 0 saturated heterocycles. The second kappa shape index (κ2) is 9.21. The summed E-state index contributed by atoms with van der Waals surface area (Å²) in [5.41, 5.74) is 4.93. The molecule has 4 aromatic rings. The summed E-state index contributed by atoms with van der Waals surface area (Å²) in [5, 5.41) is 6.98. The maximum atomic E-state index is 13.7. The van der Waals surface area contributed by atoms with Crippen molar-refractivity contribution >= 4 is 57.8 Å². The van der Waals surface area contributed by atoms with Gasteiger partial charge in [-0.15, -0.1) is 0 Å². The molecule has 2 N–H and O–H groups in total. The first-order chi connectivity index (χ1) is 16.5. The Hall–Kier alpha value is -3.80. The summed E-state index contributed by atoms with van der Waals surface area (Å²) in [4.78, 5) is 28.0. The number of benzene rings is 4. The van der Waals surface area contributed by atoms with E-state index in [2.05, 4.69) is 10.6 Å². The van der Waals surface area contributed by atoms with Crippen LogP contribution in [-0.4, -0.2) is 11.8 Å². The third kappa shape index (κ3) is 4.36. The van der Waals surface area contributed by atoms with Gasteiger partial charge in [-0.3, -0.25) is 14.5 Å². The Bertz CT molecular complexity index is 1340. The molecule has 7 heteroatoms. The van der Waals surface area contributed by atoms with E-state index in [9.17, 15) is 9.59 Å². The Morgan fingerprint density at radius 1 is 0.765 bits per heavy atom. The minimum atomic E-state index is -0.343. The van der Waals surface area contributed by atoms with Crippen molar-refractivity contribution < 1.29 is 9.59 Å². The smallest absolute Gasteiger partial charge is 0.262 e. The van der Waals surface area contributed by atoms with Crippen LogP contribution in [0.5, 0.6) is 0 Å². The number of halogens is 2. The lowest BCUT2D eigenvalue weighted by Gasteiger charge is -2.24. The van der Waals surface area contributed by atoms with E-state index >= 15 is 0 Å². The van der Waals surface area contributed by atoms with Crippen LogP contribution in [0.3, 0.4) is 0 Å². The van der Waals surface area contributed by atoms with Gasteiger partial charge in [-0.05, 0) is 66.2 Å². The molecule has 0 aromatic heterocycles. The summed E-state index contributed by atoms with van der Waals surface area (Å²) in [6, 6.07) is 27.0. The topological polar surface area (TPSA) is 61.4 Å². The molecule has 0 atom stereocenters. The van der Waals surface area contributed by atoms with Crippen molar-refractivity contribution in [2.24, 2.45) is 0 Å². The summed E-state index contributed by atoms with van der Waals surface area (Å²) < 4.78 is 0. The highest BCUT2D eigenvalue weighted by Gasteiger charge is 2.26. The van der Waals surface area contributed by atoms with Crippen molar-refractivity contribution in [1.29, 1.82) is 0 Å². The van der Waals surface area contributed by atoms with Crippen LogP contribution in [0.1, 0.15) is 26.3 Å².